The summed E-state index contributed by atoms with van der Waals surface area (Å²) in [6.07, 6.45) is 3.90. The van der Waals surface area contributed by atoms with Gasteiger partial charge in [0.05, 0.1) is 13.1 Å². The van der Waals surface area contributed by atoms with Crippen LogP contribution < -0.4 is 10.2 Å². The molecule has 1 aromatic rings. The van der Waals surface area contributed by atoms with Crippen LogP contribution in [-0.4, -0.2) is 67.9 Å². The summed E-state index contributed by atoms with van der Waals surface area (Å²) < 4.78 is 0. The molecule has 2 amide bonds. The monoisotopic (exact) mass is 344 g/mol. The summed E-state index contributed by atoms with van der Waals surface area (Å²) in [5, 5.41) is 2.74. The van der Waals surface area contributed by atoms with E-state index in [2.05, 4.69) is 34.5 Å². The van der Waals surface area contributed by atoms with Gasteiger partial charge < -0.3 is 15.1 Å². The molecule has 2 fully saturated rings. The third kappa shape index (κ3) is 4.95. The van der Waals surface area contributed by atoms with Gasteiger partial charge in [0.15, 0.2) is 0 Å². The molecule has 2 aliphatic heterocycles. The lowest BCUT2D eigenvalue weighted by molar-refractivity contribution is -0.138. The Morgan fingerprint density at radius 2 is 1.84 bits per heavy atom. The van der Waals surface area contributed by atoms with E-state index in [9.17, 15) is 9.59 Å². The standard InChI is InChI=1S/C19H28N4O2/c1-21(15-19(25)23-12-9-20-18(24)14-23)13-16-5-7-17(8-6-16)22-10-3-2-4-11-22/h5-8H,2-4,9-15H2,1H3,(H,20,24). The summed E-state index contributed by atoms with van der Waals surface area (Å²) in [5.74, 6) is -0.0576. The summed E-state index contributed by atoms with van der Waals surface area (Å²) in [4.78, 5) is 29.8. The summed E-state index contributed by atoms with van der Waals surface area (Å²) in [6.45, 7) is 4.69. The van der Waals surface area contributed by atoms with E-state index in [0.717, 1.165) is 19.6 Å². The van der Waals surface area contributed by atoms with E-state index >= 15 is 0 Å². The lowest BCUT2D eigenvalue weighted by Crippen LogP contribution is -2.52. The van der Waals surface area contributed by atoms with Crippen molar-refractivity contribution in [3.63, 3.8) is 0 Å². The SMILES string of the molecule is CN(CC(=O)N1CCNC(=O)C1)Cc1ccc(N2CCCCC2)cc1. The topological polar surface area (TPSA) is 55.9 Å². The van der Waals surface area contributed by atoms with Gasteiger partial charge in [0.2, 0.25) is 11.8 Å². The van der Waals surface area contributed by atoms with Gasteiger partial charge in [-0.25, -0.2) is 0 Å². The molecule has 2 aliphatic rings. The van der Waals surface area contributed by atoms with Crippen molar-refractivity contribution in [1.82, 2.24) is 15.1 Å². The molecular formula is C19H28N4O2. The zero-order valence-corrected chi connectivity index (χ0v) is 15.0. The molecule has 1 aromatic carbocycles. The molecule has 25 heavy (non-hydrogen) atoms. The van der Waals surface area contributed by atoms with Gasteiger partial charge in [-0.05, 0) is 44.0 Å². The molecule has 2 saturated heterocycles. The number of amides is 2. The largest absolute Gasteiger partial charge is 0.372 e. The highest BCUT2D eigenvalue weighted by molar-refractivity contribution is 5.86. The minimum Gasteiger partial charge on any atom is -0.372 e. The van der Waals surface area contributed by atoms with Crippen LogP contribution in [0.3, 0.4) is 0 Å². The Balaban J connectivity index is 1.49. The van der Waals surface area contributed by atoms with E-state index in [1.165, 1.54) is 30.5 Å². The molecular weight excluding hydrogens is 316 g/mol. The molecule has 6 nitrogen and oxygen atoms in total. The van der Waals surface area contributed by atoms with Crippen molar-refractivity contribution in [2.75, 3.05) is 51.2 Å². The van der Waals surface area contributed by atoms with Gasteiger partial charge in [-0.2, -0.15) is 0 Å². The Morgan fingerprint density at radius 3 is 2.52 bits per heavy atom. The van der Waals surface area contributed by atoms with Crippen molar-refractivity contribution in [2.45, 2.75) is 25.8 Å². The maximum absolute atomic E-state index is 12.3. The van der Waals surface area contributed by atoms with E-state index in [1.54, 1.807) is 4.90 Å². The molecule has 136 valence electrons. The quantitative estimate of drug-likeness (QED) is 0.868. The molecule has 3 rings (SSSR count). The molecule has 0 atom stereocenters. The summed E-state index contributed by atoms with van der Waals surface area (Å²) >= 11 is 0. The molecule has 0 saturated carbocycles. The van der Waals surface area contributed by atoms with E-state index in [4.69, 9.17) is 0 Å². The number of rotatable bonds is 5. The van der Waals surface area contributed by atoms with Crippen molar-refractivity contribution >= 4 is 17.5 Å². The average Bonchev–Trinajstić information content (AvgIpc) is 2.63. The average molecular weight is 344 g/mol. The van der Waals surface area contributed by atoms with Crippen molar-refractivity contribution in [3.05, 3.63) is 29.8 Å². The fourth-order valence-corrected chi connectivity index (χ4v) is 3.51. The zero-order valence-electron chi connectivity index (χ0n) is 15.0. The first-order valence-corrected chi connectivity index (χ1v) is 9.19. The summed E-state index contributed by atoms with van der Waals surface area (Å²) in [5.41, 5.74) is 2.49. The second-order valence-corrected chi connectivity index (χ2v) is 7.05. The van der Waals surface area contributed by atoms with Crippen LogP contribution in [0.1, 0.15) is 24.8 Å². The Kier molecular flexibility index (Phi) is 5.91. The Bertz CT molecular complexity index is 596. The van der Waals surface area contributed by atoms with Gasteiger partial charge >= 0.3 is 0 Å². The van der Waals surface area contributed by atoms with E-state index in [-0.39, 0.29) is 18.4 Å². The zero-order chi connectivity index (χ0) is 17.6. The van der Waals surface area contributed by atoms with Gasteiger partial charge in [-0.1, -0.05) is 12.1 Å². The number of anilines is 1. The van der Waals surface area contributed by atoms with Crippen molar-refractivity contribution in [1.29, 1.82) is 0 Å². The van der Waals surface area contributed by atoms with Crippen LogP contribution in [0.25, 0.3) is 0 Å². The van der Waals surface area contributed by atoms with Gasteiger partial charge in [0, 0.05) is 38.4 Å². The Hall–Kier alpha value is -2.08. The fourth-order valence-electron chi connectivity index (χ4n) is 3.51. The van der Waals surface area contributed by atoms with Crippen LogP contribution in [0.4, 0.5) is 5.69 Å². The number of nitrogens with zero attached hydrogens (tertiary/aromatic N) is 3. The molecule has 2 heterocycles. The third-order valence-corrected chi connectivity index (χ3v) is 4.91. The minimum atomic E-state index is -0.0736. The maximum Gasteiger partial charge on any atom is 0.239 e. The van der Waals surface area contributed by atoms with Crippen molar-refractivity contribution in [3.8, 4) is 0 Å². The highest BCUT2D eigenvalue weighted by Crippen LogP contribution is 2.20. The first kappa shape index (κ1) is 17.7. The predicted molar refractivity (Wildman–Crippen MR) is 98.4 cm³/mol. The second kappa shape index (κ2) is 8.34. The van der Waals surface area contributed by atoms with Crippen LogP contribution in [0.5, 0.6) is 0 Å². The molecule has 0 aliphatic carbocycles. The van der Waals surface area contributed by atoms with Gasteiger partial charge in [-0.15, -0.1) is 0 Å². The van der Waals surface area contributed by atoms with Crippen LogP contribution in [0.15, 0.2) is 24.3 Å². The summed E-state index contributed by atoms with van der Waals surface area (Å²) in [7, 11) is 1.94. The first-order valence-electron chi connectivity index (χ1n) is 9.19. The predicted octanol–water partition coefficient (Wildman–Crippen LogP) is 1.07. The van der Waals surface area contributed by atoms with Crippen LogP contribution in [0.2, 0.25) is 0 Å². The van der Waals surface area contributed by atoms with Gasteiger partial charge in [-0.3, -0.25) is 14.5 Å². The number of nitrogens with one attached hydrogen (secondary N) is 1. The van der Waals surface area contributed by atoms with Crippen LogP contribution in [0, 0.1) is 0 Å². The van der Waals surface area contributed by atoms with E-state index in [0.29, 0.717) is 19.6 Å². The number of likely N-dealkylation sites (N-methyl/N-ethyl adjacent to an activating group) is 1. The second-order valence-electron chi connectivity index (χ2n) is 7.05. The number of piperidine rings is 1. The molecule has 0 bridgehead atoms. The lowest BCUT2D eigenvalue weighted by Gasteiger charge is -2.29. The number of piperazine rings is 1. The number of carbonyl (C=O) groups excluding carboxylic acids is 2. The third-order valence-electron chi connectivity index (χ3n) is 4.91. The van der Waals surface area contributed by atoms with Crippen molar-refractivity contribution < 1.29 is 9.59 Å². The molecule has 0 radical (unpaired) electrons. The molecule has 0 aromatic heterocycles. The van der Waals surface area contributed by atoms with E-state index in [1.807, 2.05) is 11.9 Å². The smallest absolute Gasteiger partial charge is 0.239 e. The number of carbonyl (C=O) groups is 2. The lowest BCUT2D eigenvalue weighted by atomic mass is 10.1. The van der Waals surface area contributed by atoms with Gasteiger partial charge in [0.1, 0.15) is 0 Å². The molecule has 0 spiro atoms. The van der Waals surface area contributed by atoms with Gasteiger partial charge in [0.25, 0.3) is 0 Å². The normalized spacial score (nSPS) is 18.4. The number of hydrogen-bond acceptors (Lipinski definition) is 4. The minimum absolute atomic E-state index is 0.0160. The maximum atomic E-state index is 12.3. The molecule has 6 heteroatoms. The molecule has 1 N–H and O–H groups in total. The Labute approximate surface area is 149 Å². The highest BCUT2D eigenvalue weighted by atomic mass is 16.2. The number of hydrogen-bond donors (Lipinski definition) is 1. The molecule has 0 unspecified atom stereocenters. The Morgan fingerprint density at radius 1 is 1.12 bits per heavy atom. The van der Waals surface area contributed by atoms with Crippen LogP contribution in [-0.2, 0) is 16.1 Å². The number of benzene rings is 1. The van der Waals surface area contributed by atoms with Crippen molar-refractivity contribution in [2.24, 2.45) is 0 Å². The van der Waals surface area contributed by atoms with Crippen LogP contribution >= 0.6 is 0 Å². The first-order chi connectivity index (χ1) is 12.1. The fraction of sp³-hybridized carbons (Fsp3) is 0.579. The highest BCUT2D eigenvalue weighted by Gasteiger charge is 2.21. The van der Waals surface area contributed by atoms with E-state index < -0.39 is 0 Å². The summed E-state index contributed by atoms with van der Waals surface area (Å²) in [6, 6.07) is 8.68.